The normalized spacial score (nSPS) is 10.7. The molecule has 0 fully saturated rings. The minimum absolute atomic E-state index is 0.213. The number of para-hydroxylation sites is 1. The fraction of sp³-hybridized carbons (Fsp3) is 0.0588. The SMILES string of the molecule is CC(=O)c1c(Sc2ccccc2)[nH]c2ccccc2c1=O. The van der Waals surface area contributed by atoms with Crippen LogP contribution in [0.5, 0.6) is 0 Å². The van der Waals surface area contributed by atoms with Crippen molar-refractivity contribution in [1.82, 2.24) is 4.98 Å². The van der Waals surface area contributed by atoms with Gasteiger partial charge in [-0.1, -0.05) is 42.1 Å². The topological polar surface area (TPSA) is 49.9 Å². The molecule has 0 bridgehead atoms. The van der Waals surface area contributed by atoms with Crippen LogP contribution in [0.4, 0.5) is 0 Å². The highest BCUT2D eigenvalue weighted by molar-refractivity contribution is 7.99. The number of carbonyl (C=O) groups is 1. The van der Waals surface area contributed by atoms with Gasteiger partial charge in [-0.15, -0.1) is 0 Å². The van der Waals surface area contributed by atoms with Crippen molar-refractivity contribution in [2.45, 2.75) is 16.8 Å². The van der Waals surface area contributed by atoms with Gasteiger partial charge in [-0.3, -0.25) is 9.59 Å². The summed E-state index contributed by atoms with van der Waals surface area (Å²) in [6.07, 6.45) is 0. The number of nitrogens with one attached hydrogen (secondary N) is 1. The average Bonchev–Trinajstić information content (AvgIpc) is 2.48. The van der Waals surface area contributed by atoms with Crippen LogP contribution in [0.2, 0.25) is 0 Å². The first-order valence-corrected chi connectivity index (χ1v) is 7.37. The number of hydrogen-bond donors (Lipinski definition) is 1. The van der Waals surface area contributed by atoms with E-state index in [1.54, 1.807) is 12.1 Å². The summed E-state index contributed by atoms with van der Waals surface area (Å²) < 4.78 is 0. The maximum Gasteiger partial charge on any atom is 0.201 e. The number of carbonyl (C=O) groups excluding carboxylic acids is 1. The molecule has 3 nitrogen and oxygen atoms in total. The van der Waals surface area contributed by atoms with Gasteiger partial charge in [-0.25, -0.2) is 0 Å². The van der Waals surface area contributed by atoms with Crippen LogP contribution in [0.3, 0.4) is 0 Å². The molecule has 0 aliphatic heterocycles. The van der Waals surface area contributed by atoms with Crippen LogP contribution in [0.15, 0.2) is 69.3 Å². The lowest BCUT2D eigenvalue weighted by Crippen LogP contribution is -2.16. The molecule has 0 spiro atoms. The molecule has 0 saturated carbocycles. The molecule has 0 aliphatic rings. The number of aromatic nitrogens is 1. The third kappa shape index (κ3) is 2.62. The lowest BCUT2D eigenvalue weighted by Gasteiger charge is -2.09. The van der Waals surface area contributed by atoms with Crippen LogP contribution in [0.1, 0.15) is 17.3 Å². The summed E-state index contributed by atoms with van der Waals surface area (Å²) in [6, 6.07) is 16.9. The van der Waals surface area contributed by atoms with Crippen molar-refractivity contribution in [3.8, 4) is 0 Å². The van der Waals surface area contributed by atoms with E-state index in [9.17, 15) is 9.59 Å². The van der Waals surface area contributed by atoms with Crippen molar-refractivity contribution in [2.24, 2.45) is 0 Å². The molecular weight excluding hydrogens is 282 g/mol. The smallest absolute Gasteiger partial charge is 0.201 e. The fourth-order valence-electron chi connectivity index (χ4n) is 2.22. The second-order valence-corrected chi connectivity index (χ2v) is 5.76. The summed E-state index contributed by atoms with van der Waals surface area (Å²) in [5.74, 6) is -0.222. The molecule has 3 rings (SSSR count). The molecule has 0 radical (unpaired) electrons. The number of fused-ring (bicyclic) bond motifs is 1. The fourth-order valence-corrected chi connectivity index (χ4v) is 3.24. The van der Waals surface area contributed by atoms with Gasteiger partial charge in [-0.2, -0.15) is 0 Å². The Balaban J connectivity index is 2.23. The molecule has 0 amide bonds. The summed E-state index contributed by atoms with van der Waals surface area (Å²) in [5.41, 5.74) is 0.753. The van der Waals surface area contributed by atoms with E-state index in [1.165, 1.54) is 18.7 Å². The van der Waals surface area contributed by atoms with E-state index < -0.39 is 0 Å². The number of aromatic amines is 1. The monoisotopic (exact) mass is 295 g/mol. The van der Waals surface area contributed by atoms with Gasteiger partial charge in [-0.05, 0) is 31.2 Å². The van der Waals surface area contributed by atoms with E-state index in [2.05, 4.69) is 4.98 Å². The molecule has 0 aliphatic carbocycles. The Kier molecular flexibility index (Phi) is 3.62. The Labute approximate surface area is 126 Å². The molecule has 1 aromatic heterocycles. The first-order valence-electron chi connectivity index (χ1n) is 6.55. The number of Topliss-reactive ketones (excluding diaryl/α,β-unsaturated/α-hetero) is 1. The van der Waals surface area contributed by atoms with Crippen LogP contribution in [0, 0.1) is 0 Å². The number of H-pyrrole nitrogens is 1. The third-order valence-corrected chi connectivity index (χ3v) is 4.21. The maximum absolute atomic E-state index is 12.5. The van der Waals surface area contributed by atoms with E-state index in [4.69, 9.17) is 0 Å². The molecule has 21 heavy (non-hydrogen) atoms. The summed E-state index contributed by atoms with van der Waals surface area (Å²) in [6.45, 7) is 1.42. The van der Waals surface area contributed by atoms with Crippen LogP contribution < -0.4 is 5.43 Å². The number of ketones is 1. The highest BCUT2D eigenvalue weighted by atomic mass is 32.2. The molecule has 1 N–H and O–H groups in total. The zero-order chi connectivity index (χ0) is 14.8. The van der Waals surface area contributed by atoms with Gasteiger partial charge in [0.05, 0.1) is 16.1 Å². The average molecular weight is 295 g/mol. The summed E-state index contributed by atoms with van der Waals surface area (Å²) in [5, 5.41) is 1.14. The molecule has 2 aromatic carbocycles. The second-order valence-electron chi connectivity index (χ2n) is 4.68. The Morgan fingerprint density at radius 1 is 1.00 bits per heavy atom. The highest BCUT2D eigenvalue weighted by Gasteiger charge is 2.16. The van der Waals surface area contributed by atoms with Crippen molar-refractivity contribution < 1.29 is 4.79 Å². The first kappa shape index (κ1) is 13.6. The van der Waals surface area contributed by atoms with Crippen LogP contribution >= 0.6 is 11.8 Å². The van der Waals surface area contributed by atoms with Crippen molar-refractivity contribution in [3.05, 3.63) is 70.4 Å². The summed E-state index contributed by atoms with van der Waals surface area (Å²) >= 11 is 1.40. The molecule has 4 heteroatoms. The molecule has 0 atom stereocenters. The Morgan fingerprint density at radius 3 is 2.38 bits per heavy atom. The van der Waals surface area contributed by atoms with E-state index in [0.717, 1.165) is 10.4 Å². The second kappa shape index (κ2) is 5.58. The van der Waals surface area contributed by atoms with Gasteiger partial charge in [0.2, 0.25) is 5.43 Å². The standard InChI is InChI=1S/C17H13NO2S/c1-11(19)15-16(20)13-9-5-6-10-14(13)18-17(15)21-12-7-3-2-4-8-12/h2-10H,1H3,(H,18,20). The van der Waals surface area contributed by atoms with Crippen molar-refractivity contribution >= 4 is 28.4 Å². The molecule has 3 aromatic rings. The largest absolute Gasteiger partial charge is 0.349 e. The molecule has 1 heterocycles. The summed E-state index contributed by atoms with van der Waals surface area (Å²) in [4.78, 5) is 28.6. The van der Waals surface area contributed by atoms with Crippen molar-refractivity contribution in [2.75, 3.05) is 0 Å². The van der Waals surface area contributed by atoms with E-state index >= 15 is 0 Å². The summed E-state index contributed by atoms with van der Waals surface area (Å²) in [7, 11) is 0. The Hall–Kier alpha value is -2.33. The Bertz CT molecular complexity index is 869. The zero-order valence-corrected chi connectivity index (χ0v) is 12.2. The molecule has 104 valence electrons. The van der Waals surface area contributed by atoms with E-state index in [0.29, 0.717) is 10.4 Å². The minimum Gasteiger partial charge on any atom is -0.349 e. The zero-order valence-electron chi connectivity index (χ0n) is 11.4. The lowest BCUT2D eigenvalue weighted by molar-refractivity contribution is 0.101. The molecule has 0 saturated heterocycles. The van der Waals surface area contributed by atoms with Gasteiger partial charge in [0.1, 0.15) is 0 Å². The van der Waals surface area contributed by atoms with Gasteiger partial charge < -0.3 is 4.98 Å². The quantitative estimate of drug-likeness (QED) is 0.746. The number of hydrogen-bond acceptors (Lipinski definition) is 3. The highest BCUT2D eigenvalue weighted by Crippen LogP contribution is 2.29. The minimum atomic E-state index is -0.222. The number of rotatable bonds is 3. The van der Waals surface area contributed by atoms with Gasteiger partial charge in [0.25, 0.3) is 0 Å². The lowest BCUT2D eigenvalue weighted by atomic mass is 10.1. The molecule has 0 unspecified atom stereocenters. The number of pyridine rings is 1. The van der Waals surface area contributed by atoms with E-state index in [-0.39, 0.29) is 16.8 Å². The maximum atomic E-state index is 12.5. The Morgan fingerprint density at radius 2 is 1.67 bits per heavy atom. The first-order chi connectivity index (χ1) is 10.2. The van der Waals surface area contributed by atoms with Crippen LogP contribution in [0.25, 0.3) is 10.9 Å². The van der Waals surface area contributed by atoms with Crippen LogP contribution in [-0.2, 0) is 0 Å². The van der Waals surface area contributed by atoms with Gasteiger partial charge in [0, 0.05) is 10.3 Å². The van der Waals surface area contributed by atoms with Gasteiger partial charge >= 0.3 is 0 Å². The molecular formula is C17H13NO2S. The van der Waals surface area contributed by atoms with Crippen LogP contribution in [-0.4, -0.2) is 10.8 Å². The van der Waals surface area contributed by atoms with Crippen molar-refractivity contribution in [3.63, 3.8) is 0 Å². The number of benzene rings is 2. The van der Waals surface area contributed by atoms with Crippen molar-refractivity contribution in [1.29, 1.82) is 0 Å². The predicted octanol–water partition coefficient (Wildman–Crippen LogP) is 3.88. The third-order valence-electron chi connectivity index (χ3n) is 3.19. The van der Waals surface area contributed by atoms with Gasteiger partial charge in [0.15, 0.2) is 5.78 Å². The predicted molar refractivity (Wildman–Crippen MR) is 85.1 cm³/mol. The van der Waals surface area contributed by atoms with E-state index in [1.807, 2.05) is 42.5 Å².